The Morgan fingerprint density at radius 3 is 3.21 bits per heavy atom. The highest BCUT2D eigenvalue weighted by atomic mass is 32.1. The zero-order valence-electron chi connectivity index (χ0n) is 11.1. The summed E-state index contributed by atoms with van der Waals surface area (Å²) in [6.45, 7) is 6.43. The normalized spacial score (nSPS) is 15.6. The van der Waals surface area contributed by atoms with Crippen LogP contribution in [0.2, 0.25) is 0 Å². The van der Waals surface area contributed by atoms with E-state index in [1.165, 1.54) is 11.4 Å². The lowest BCUT2D eigenvalue weighted by Crippen LogP contribution is -2.38. The maximum absolute atomic E-state index is 4.39. The van der Waals surface area contributed by atoms with Crippen molar-refractivity contribution in [2.45, 2.75) is 19.5 Å². The summed E-state index contributed by atoms with van der Waals surface area (Å²) >= 11 is 1.78. The topological polar surface area (TPSA) is 33.1 Å². The highest BCUT2D eigenvalue weighted by Crippen LogP contribution is 2.09. The number of thiophene rings is 1. The van der Waals surface area contributed by atoms with E-state index in [-0.39, 0.29) is 0 Å². The molecule has 0 aromatic carbocycles. The molecule has 0 radical (unpaired) electrons. The monoisotopic (exact) mass is 276 g/mol. The van der Waals surface area contributed by atoms with Gasteiger partial charge in [0.15, 0.2) is 0 Å². The van der Waals surface area contributed by atoms with Crippen molar-refractivity contribution in [3.63, 3.8) is 0 Å². The minimum Gasteiger partial charge on any atom is -0.333 e. The molecule has 0 amide bonds. The molecule has 0 saturated carbocycles. The molecule has 102 valence electrons. The Labute approximate surface area is 118 Å². The average Bonchev–Trinajstić information content (AvgIpc) is 3.08. The van der Waals surface area contributed by atoms with E-state index in [4.69, 9.17) is 0 Å². The van der Waals surface area contributed by atoms with Gasteiger partial charge in [-0.1, -0.05) is 0 Å². The maximum atomic E-state index is 4.39. The summed E-state index contributed by atoms with van der Waals surface area (Å²) in [5.74, 6) is 1.20. The number of hydrogen-bond donors (Lipinski definition) is 1. The van der Waals surface area contributed by atoms with Gasteiger partial charge < -0.3 is 9.88 Å². The second-order valence-electron chi connectivity index (χ2n) is 4.94. The summed E-state index contributed by atoms with van der Waals surface area (Å²) in [5, 5.41) is 7.90. The van der Waals surface area contributed by atoms with Gasteiger partial charge in [-0.2, -0.15) is 11.3 Å². The molecule has 4 nitrogen and oxygen atoms in total. The first-order valence-corrected chi connectivity index (χ1v) is 7.80. The van der Waals surface area contributed by atoms with Crippen LogP contribution >= 0.6 is 11.3 Å². The number of aromatic nitrogens is 2. The molecule has 0 aliphatic carbocycles. The molecule has 0 unspecified atom stereocenters. The summed E-state index contributed by atoms with van der Waals surface area (Å²) in [7, 11) is 0. The van der Waals surface area contributed by atoms with E-state index >= 15 is 0 Å². The summed E-state index contributed by atoms with van der Waals surface area (Å²) in [6.07, 6.45) is 5.11. The lowest BCUT2D eigenvalue weighted by Gasteiger charge is -2.27. The molecular formula is C14H20N4S. The highest BCUT2D eigenvalue weighted by molar-refractivity contribution is 7.07. The number of fused-ring (bicyclic) bond motifs is 1. The van der Waals surface area contributed by atoms with E-state index in [0.29, 0.717) is 0 Å². The van der Waals surface area contributed by atoms with Crippen LogP contribution in [0.25, 0.3) is 0 Å². The van der Waals surface area contributed by atoms with Crippen LogP contribution in [0.5, 0.6) is 0 Å². The fraction of sp³-hybridized carbons (Fsp3) is 0.500. The number of imidazole rings is 1. The van der Waals surface area contributed by atoms with E-state index in [1.807, 2.05) is 6.20 Å². The summed E-state index contributed by atoms with van der Waals surface area (Å²) in [6, 6.07) is 2.21. The van der Waals surface area contributed by atoms with Crippen molar-refractivity contribution < 1.29 is 0 Å². The Morgan fingerprint density at radius 1 is 1.32 bits per heavy atom. The Hall–Kier alpha value is -1.17. The van der Waals surface area contributed by atoms with E-state index < -0.39 is 0 Å². The Bertz CT molecular complexity index is 491. The van der Waals surface area contributed by atoms with Gasteiger partial charge in [0.2, 0.25) is 0 Å². The van der Waals surface area contributed by atoms with Gasteiger partial charge in [-0.15, -0.1) is 0 Å². The van der Waals surface area contributed by atoms with Gasteiger partial charge in [0.1, 0.15) is 5.82 Å². The molecule has 0 fully saturated rings. The Morgan fingerprint density at radius 2 is 2.32 bits per heavy atom. The number of nitrogens with zero attached hydrogens (tertiary/aromatic N) is 3. The van der Waals surface area contributed by atoms with Crippen LogP contribution in [-0.2, 0) is 19.5 Å². The van der Waals surface area contributed by atoms with Crippen LogP contribution in [0.3, 0.4) is 0 Å². The Balaban J connectivity index is 1.33. The van der Waals surface area contributed by atoms with Crippen LogP contribution in [0.1, 0.15) is 11.4 Å². The zero-order valence-corrected chi connectivity index (χ0v) is 11.9. The number of rotatable bonds is 6. The molecule has 3 rings (SSSR count). The second kappa shape index (κ2) is 6.32. The van der Waals surface area contributed by atoms with Crippen LogP contribution in [0.15, 0.2) is 29.2 Å². The van der Waals surface area contributed by atoms with E-state index in [9.17, 15) is 0 Å². The standard InChI is InChI=1S/C14H20N4S/c1(13-2-10-19-12-13)3-15-4-6-17-8-9-18-7-5-16-14(18)11-17/h2,5,7,10,12,15H,1,3-4,6,8-9,11H2. The summed E-state index contributed by atoms with van der Waals surface area (Å²) < 4.78 is 2.25. The van der Waals surface area contributed by atoms with Gasteiger partial charge in [-0.3, -0.25) is 4.90 Å². The van der Waals surface area contributed by atoms with E-state index in [0.717, 1.165) is 45.7 Å². The number of nitrogens with one attached hydrogen (secondary N) is 1. The van der Waals surface area contributed by atoms with Crippen molar-refractivity contribution in [3.8, 4) is 0 Å². The smallest absolute Gasteiger partial charge is 0.122 e. The quantitative estimate of drug-likeness (QED) is 0.814. The fourth-order valence-corrected chi connectivity index (χ4v) is 3.15. The molecule has 3 heterocycles. The third kappa shape index (κ3) is 3.43. The zero-order chi connectivity index (χ0) is 12.9. The maximum Gasteiger partial charge on any atom is 0.122 e. The van der Waals surface area contributed by atoms with Crippen LogP contribution < -0.4 is 5.32 Å². The Kier molecular flexibility index (Phi) is 4.27. The van der Waals surface area contributed by atoms with Crippen molar-refractivity contribution in [2.24, 2.45) is 0 Å². The molecule has 2 aromatic heterocycles. The lowest BCUT2D eigenvalue weighted by atomic mass is 10.2. The van der Waals surface area contributed by atoms with Crippen LogP contribution in [0.4, 0.5) is 0 Å². The molecule has 19 heavy (non-hydrogen) atoms. The van der Waals surface area contributed by atoms with Crippen LogP contribution in [-0.4, -0.2) is 40.6 Å². The van der Waals surface area contributed by atoms with Gasteiger partial charge in [0, 0.05) is 38.6 Å². The first-order valence-electron chi connectivity index (χ1n) is 6.86. The van der Waals surface area contributed by atoms with Crippen molar-refractivity contribution in [1.29, 1.82) is 0 Å². The molecule has 0 bridgehead atoms. The molecule has 5 heteroatoms. The van der Waals surface area contributed by atoms with Gasteiger partial charge in [0.25, 0.3) is 0 Å². The molecule has 0 atom stereocenters. The lowest BCUT2D eigenvalue weighted by molar-refractivity contribution is 0.217. The van der Waals surface area contributed by atoms with Gasteiger partial charge >= 0.3 is 0 Å². The molecule has 1 aliphatic rings. The molecule has 0 saturated heterocycles. The van der Waals surface area contributed by atoms with Gasteiger partial charge in [-0.25, -0.2) is 4.98 Å². The second-order valence-corrected chi connectivity index (χ2v) is 5.72. The molecule has 0 spiro atoms. The number of hydrogen-bond acceptors (Lipinski definition) is 4. The molecule has 1 aliphatic heterocycles. The molecular weight excluding hydrogens is 256 g/mol. The molecule has 2 aromatic rings. The largest absolute Gasteiger partial charge is 0.333 e. The van der Waals surface area contributed by atoms with Crippen molar-refractivity contribution in [2.75, 3.05) is 26.2 Å². The summed E-state index contributed by atoms with van der Waals surface area (Å²) in [4.78, 5) is 6.86. The van der Waals surface area contributed by atoms with Crippen molar-refractivity contribution in [1.82, 2.24) is 19.8 Å². The third-order valence-electron chi connectivity index (χ3n) is 3.60. The SMILES string of the molecule is c1cn2c(n1)CN(CCNCCc1ccsc1)CC2. The first kappa shape index (κ1) is 12.8. The average molecular weight is 276 g/mol. The van der Waals surface area contributed by atoms with Crippen LogP contribution in [0, 0.1) is 0 Å². The van der Waals surface area contributed by atoms with Crippen molar-refractivity contribution >= 4 is 11.3 Å². The fourth-order valence-electron chi connectivity index (χ4n) is 2.44. The minimum atomic E-state index is 0.985. The highest BCUT2D eigenvalue weighted by Gasteiger charge is 2.15. The molecule has 1 N–H and O–H groups in total. The third-order valence-corrected chi connectivity index (χ3v) is 4.33. The first-order chi connectivity index (χ1) is 9.42. The predicted octanol–water partition coefficient (Wildman–Crippen LogP) is 1.59. The van der Waals surface area contributed by atoms with E-state index in [2.05, 4.69) is 42.8 Å². The van der Waals surface area contributed by atoms with Gasteiger partial charge in [-0.05, 0) is 35.4 Å². The van der Waals surface area contributed by atoms with E-state index in [1.54, 1.807) is 11.3 Å². The minimum absolute atomic E-state index is 0.985. The van der Waals surface area contributed by atoms with Crippen molar-refractivity contribution in [3.05, 3.63) is 40.6 Å². The van der Waals surface area contributed by atoms with Gasteiger partial charge in [0.05, 0.1) is 6.54 Å². The predicted molar refractivity (Wildman–Crippen MR) is 78.4 cm³/mol. The summed E-state index contributed by atoms with van der Waals surface area (Å²) in [5.41, 5.74) is 1.44.